The van der Waals surface area contributed by atoms with E-state index in [1.807, 2.05) is 44.2 Å². The summed E-state index contributed by atoms with van der Waals surface area (Å²) >= 11 is 0. The Hall–Kier alpha value is -1.35. The van der Waals surface area contributed by atoms with Gasteiger partial charge in [-0.25, -0.2) is 0 Å². The third kappa shape index (κ3) is 3.06. The van der Waals surface area contributed by atoms with Crippen molar-refractivity contribution in [2.45, 2.75) is 32.4 Å². The van der Waals surface area contributed by atoms with E-state index >= 15 is 0 Å². The number of carbonyl (C=O) groups excluding carboxylic acids is 1. The summed E-state index contributed by atoms with van der Waals surface area (Å²) in [6, 6.07) is 9.35. The van der Waals surface area contributed by atoms with E-state index in [1.54, 1.807) is 6.92 Å². The van der Waals surface area contributed by atoms with Crippen LogP contribution in [0.4, 0.5) is 0 Å². The average Bonchev–Trinajstić information content (AvgIpc) is 2.18. The molecule has 3 N–H and O–H groups in total. The second-order valence-electron chi connectivity index (χ2n) is 4.27. The molecular weight excluding hydrogens is 188 g/mol. The molecule has 82 valence electrons. The first-order valence-electron chi connectivity index (χ1n) is 5.06. The number of carbonyl (C=O) groups is 1. The molecular formula is C12H18N2O. The highest BCUT2D eigenvalue weighted by Gasteiger charge is 2.23. The van der Waals surface area contributed by atoms with Gasteiger partial charge in [0.1, 0.15) is 0 Å². The van der Waals surface area contributed by atoms with Crippen LogP contribution in [0.25, 0.3) is 0 Å². The molecule has 1 aromatic rings. The molecule has 15 heavy (non-hydrogen) atoms. The minimum Gasteiger partial charge on any atom is -0.346 e. The van der Waals surface area contributed by atoms with Gasteiger partial charge in [0, 0.05) is 0 Å². The van der Waals surface area contributed by atoms with Gasteiger partial charge in [-0.1, -0.05) is 30.3 Å². The Labute approximate surface area is 90.7 Å². The highest BCUT2D eigenvalue weighted by atomic mass is 16.2. The molecule has 0 spiro atoms. The molecule has 1 amide bonds. The van der Waals surface area contributed by atoms with Crippen LogP contribution in [0.2, 0.25) is 0 Å². The van der Waals surface area contributed by atoms with Gasteiger partial charge in [-0.05, 0) is 26.3 Å². The largest absolute Gasteiger partial charge is 0.346 e. The second-order valence-corrected chi connectivity index (χ2v) is 4.27. The van der Waals surface area contributed by atoms with Crippen molar-refractivity contribution >= 4 is 5.91 Å². The van der Waals surface area contributed by atoms with Gasteiger partial charge in [-0.3, -0.25) is 4.79 Å². The molecule has 1 rings (SSSR count). The maximum atomic E-state index is 11.5. The first kappa shape index (κ1) is 11.7. The third-order valence-corrected chi connectivity index (χ3v) is 2.34. The lowest BCUT2D eigenvalue weighted by Gasteiger charge is -2.27. The molecule has 0 saturated carbocycles. The molecule has 1 atom stereocenters. The number of nitrogens with two attached hydrogens (primary N) is 1. The van der Waals surface area contributed by atoms with E-state index in [4.69, 9.17) is 5.73 Å². The topological polar surface area (TPSA) is 55.1 Å². The Morgan fingerprint density at radius 1 is 1.33 bits per heavy atom. The fraction of sp³-hybridized carbons (Fsp3) is 0.417. The van der Waals surface area contributed by atoms with Crippen LogP contribution in [0.1, 0.15) is 26.3 Å². The molecule has 0 heterocycles. The lowest BCUT2D eigenvalue weighted by Crippen LogP contribution is -2.47. The summed E-state index contributed by atoms with van der Waals surface area (Å²) in [6.07, 6.45) is 0. The first-order valence-corrected chi connectivity index (χ1v) is 5.06. The Morgan fingerprint density at radius 3 is 2.33 bits per heavy atom. The highest BCUT2D eigenvalue weighted by molar-refractivity contribution is 5.81. The molecule has 0 aliphatic heterocycles. The SMILES string of the molecule is C[C@H](N)C(=O)NC(C)(C)c1ccccc1. The van der Waals surface area contributed by atoms with Gasteiger partial charge in [0.25, 0.3) is 0 Å². The zero-order valence-corrected chi connectivity index (χ0v) is 9.45. The lowest BCUT2D eigenvalue weighted by molar-refractivity contribution is -0.123. The minimum atomic E-state index is -0.479. The van der Waals surface area contributed by atoms with Crippen molar-refractivity contribution in [3.8, 4) is 0 Å². The number of nitrogens with one attached hydrogen (secondary N) is 1. The Morgan fingerprint density at radius 2 is 1.87 bits per heavy atom. The summed E-state index contributed by atoms with van der Waals surface area (Å²) < 4.78 is 0. The number of amides is 1. The van der Waals surface area contributed by atoms with Crippen LogP contribution in [0.5, 0.6) is 0 Å². The van der Waals surface area contributed by atoms with Crippen molar-refractivity contribution in [3.63, 3.8) is 0 Å². The fourth-order valence-corrected chi connectivity index (χ4v) is 1.35. The van der Waals surface area contributed by atoms with Crippen LogP contribution >= 0.6 is 0 Å². The molecule has 3 nitrogen and oxygen atoms in total. The molecule has 0 bridgehead atoms. The van der Waals surface area contributed by atoms with E-state index < -0.39 is 6.04 Å². The Balaban J connectivity index is 2.80. The molecule has 0 aliphatic carbocycles. The number of rotatable bonds is 3. The monoisotopic (exact) mass is 206 g/mol. The molecule has 3 heteroatoms. The molecule has 0 saturated heterocycles. The van der Waals surface area contributed by atoms with Crippen molar-refractivity contribution in [1.29, 1.82) is 0 Å². The predicted molar refractivity (Wildman–Crippen MR) is 61.3 cm³/mol. The first-order chi connectivity index (χ1) is 6.93. The molecule has 0 aromatic heterocycles. The van der Waals surface area contributed by atoms with Crippen LogP contribution in [-0.2, 0) is 10.3 Å². The van der Waals surface area contributed by atoms with Gasteiger partial charge < -0.3 is 11.1 Å². The molecule has 0 unspecified atom stereocenters. The number of hydrogen-bond acceptors (Lipinski definition) is 2. The molecule has 1 aromatic carbocycles. The van der Waals surface area contributed by atoms with E-state index in [0.29, 0.717) is 0 Å². The van der Waals surface area contributed by atoms with Gasteiger partial charge in [-0.15, -0.1) is 0 Å². The summed E-state index contributed by atoms with van der Waals surface area (Å²) in [4.78, 5) is 11.5. The lowest BCUT2D eigenvalue weighted by atomic mass is 9.94. The zero-order chi connectivity index (χ0) is 11.5. The normalized spacial score (nSPS) is 13.3. The standard InChI is InChI=1S/C12H18N2O/c1-9(13)11(15)14-12(2,3)10-7-5-4-6-8-10/h4-9H,13H2,1-3H3,(H,14,15)/t9-/m0/s1. The van der Waals surface area contributed by atoms with Gasteiger partial charge in [0.05, 0.1) is 11.6 Å². The Kier molecular flexibility index (Phi) is 3.48. The molecule has 0 radical (unpaired) electrons. The van der Waals surface area contributed by atoms with Crippen LogP contribution in [-0.4, -0.2) is 11.9 Å². The summed E-state index contributed by atoms with van der Waals surface area (Å²) in [5, 5.41) is 2.91. The van der Waals surface area contributed by atoms with Crippen LogP contribution in [0, 0.1) is 0 Å². The number of hydrogen-bond donors (Lipinski definition) is 2. The zero-order valence-electron chi connectivity index (χ0n) is 9.45. The van der Waals surface area contributed by atoms with E-state index in [9.17, 15) is 4.79 Å². The van der Waals surface area contributed by atoms with Gasteiger partial charge in [0.2, 0.25) is 5.91 Å². The smallest absolute Gasteiger partial charge is 0.237 e. The van der Waals surface area contributed by atoms with Crippen molar-refractivity contribution in [2.75, 3.05) is 0 Å². The van der Waals surface area contributed by atoms with Crippen LogP contribution in [0.15, 0.2) is 30.3 Å². The molecule has 0 fully saturated rings. The maximum absolute atomic E-state index is 11.5. The quantitative estimate of drug-likeness (QED) is 0.785. The maximum Gasteiger partial charge on any atom is 0.237 e. The van der Waals surface area contributed by atoms with Crippen molar-refractivity contribution in [1.82, 2.24) is 5.32 Å². The van der Waals surface area contributed by atoms with Gasteiger partial charge in [0.15, 0.2) is 0 Å². The average molecular weight is 206 g/mol. The highest BCUT2D eigenvalue weighted by Crippen LogP contribution is 2.19. The second kappa shape index (κ2) is 4.45. The number of benzene rings is 1. The minimum absolute atomic E-state index is 0.135. The van der Waals surface area contributed by atoms with E-state index in [-0.39, 0.29) is 11.4 Å². The van der Waals surface area contributed by atoms with Crippen LogP contribution < -0.4 is 11.1 Å². The fourth-order valence-electron chi connectivity index (χ4n) is 1.35. The van der Waals surface area contributed by atoms with E-state index in [0.717, 1.165) is 5.56 Å². The van der Waals surface area contributed by atoms with Crippen molar-refractivity contribution in [3.05, 3.63) is 35.9 Å². The van der Waals surface area contributed by atoms with Crippen LogP contribution in [0.3, 0.4) is 0 Å². The summed E-state index contributed by atoms with van der Waals surface area (Å²) in [7, 11) is 0. The van der Waals surface area contributed by atoms with E-state index in [1.165, 1.54) is 0 Å². The summed E-state index contributed by atoms with van der Waals surface area (Å²) in [6.45, 7) is 5.60. The van der Waals surface area contributed by atoms with Gasteiger partial charge in [-0.2, -0.15) is 0 Å². The summed E-state index contributed by atoms with van der Waals surface area (Å²) in [5.41, 5.74) is 6.19. The van der Waals surface area contributed by atoms with Crippen molar-refractivity contribution in [2.24, 2.45) is 5.73 Å². The third-order valence-electron chi connectivity index (χ3n) is 2.34. The Bertz CT molecular complexity index is 331. The van der Waals surface area contributed by atoms with E-state index in [2.05, 4.69) is 5.32 Å². The molecule has 0 aliphatic rings. The summed E-state index contributed by atoms with van der Waals surface area (Å²) in [5.74, 6) is -0.135. The van der Waals surface area contributed by atoms with Crippen molar-refractivity contribution < 1.29 is 4.79 Å². The van der Waals surface area contributed by atoms with Gasteiger partial charge >= 0.3 is 0 Å². The predicted octanol–water partition coefficient (Wildman–Crippen LogP) is 1.39.